The molecule has 5 nitrogen and oxygen atoms in total. The van der Waals surface area contributed by atoms with Gasteiger partial charge in [0, 0.05) is 19.6 Å². The molecular formula is C9H21N3O2S2. The number of hydrogen-bond acceptors (Lipinski definition) is 4. The molecule has 0 aromatic carbocycles. The second-order valence-electron chi connectivity index (χ2n) is 3.97. The van der Waals surface area contributed by atoms with Crippen LogP contribution in [-0.4, -0.2) is 50.4 Å². The SMILES string of the molecule is CN(CCCN)S(=O)(=O)NC1CCSCC1. The minimum atomic E-state index is -3.31. The van der Waals surface area contributed by atoms with Crippen molar-refractivity contribution >= 4 is 22.0 Å². The summed E-state index contributed by atoms with van der Waals surface area (Å²) in [4.78, 5) is 0. The summed E-state index contributed by atoms with van der Waals surface area (Å²) in [5.41, 5.74) is 5.36. The number of nitrogens with two attached hydrogens (primary N) is 1. The minimum absolute atomic E-state index is 0.103. The van der Waals surface area contributed by atoms with Gasteiger partial charge >= 0.3 is 0 Å². The predicted octanol–water partition coefficient (Wildman–Crippen LogP) is -0.00300. The van der Waals surface area contributed by atoms with Gasteiger partial charge in [-0.05, 0) is 37.3 Å². The fourth-order valence-electron chi connectivity index (χ4n) is 1.55. The zero-order chi connectivity index (χ0) is 12.0. The van der Waals surface area contributed by atoms with Gasteiger partial charge in [0.25, 0.3) is 10.2 Å². The summed E-state index contributed by atoms with van der Waals surface area (Å²) in [5.74, 6) is 2.08. The molecule has 0 amide bonds. The largest absolute Gasteiger partial charge is 0.330 e. The summed E-state index contributed by atoms with van der Waals surface area (Å²) in [5, 5.41) is 0. The molecule has 96 valence electrons. The first kappa shape index (κ1) is 14.2. The lowest BCUT2D eigenvalue weighted by Crippen LogP contribution is -2.45. The number of rotatable bonds is 6. The first-order valence-corrected chi connectivity index (χ1v) is 8.17. The number of thioether (sulfide) groups is 1. The molecule has 0 radical (unpaired) electrons. The van der Waals surface area contributed by atoms with Crippen LogP contribution in [0.3, 0.4) is 0 Å². The van der Waals surface area contributed by atoms with Crippen LogP contribution in [0.2, 0.25) is 0 Å². The molecular weight excluding hydrogens is 246 g/mol. The molecule has 1 fully saturated rings. The Bertz CT molecular complexity index is 289. The molecule has 0 atom stereocenters. The van der Waals surface area contributed by atoms with Gasteiger partial charge in [0.15, 0.2) is 0 Å². The molecule has 3 N–H and O–H groups in total. The highest BCUT2D eigenvalue weighted by Crippen LogP contribution is 2.17. The first-order valence-electron chi connectivity index (χ1n) is 5.57. The van der Waals surface area contributed by atoms with E-state index in [9.17, 15) is 8.42 Å². The van der Waals surface area contributed by atoms with Crippen LogP contribution in [0.25, 0.3) is 0 Å². The lowest BCUT2D eigenvalue weighted by molar-refractivity contribution is 0.436. The Balaban J connectivity index is 2.42. The predicted molar refractivity (Wildman–Crippen MR) is 68.7 cm³/mol. The highest BCUT2D eigenvalue weighted by molar-refractivity contribution is 7.99. The maximum atomic E-state index is 11.9. The number of nitrogens with one attached hydrogen (secondary N) is 1. The van der Waals surface area contributed by atoms with Crippen LogP contribution in [0.4, 0.5) is 0 Å². The average molecular weight is 267 g/mol. The minimum Gasteiger partial charge on any atom is -0.330 e. The normalized spacial score (nSPS) is 19.2. The molecule has 1 aliphatic heterocycles. The Morgan fingerprint density at radius 3 is 2.62 bits per heavy atom. The van der Waals surface area contributed by atoms with Crippen LogP contribution in [0.1, 0.15) is 19.3 Å². The Morgan fingerprint density at radius 1 is 1.44 bits per heavy atom. The Kier molecular flexibility index (Phi) is 6.06. The van der Waals surface area contributed by atoms with E-state index >= 15 is 0 Å². The van der Waals surface area contributed by atoms with Crippen LogP contribution in [-0.2, 0) is 10.2 Å². The second kappa shape index (κ2) is 6.80. The van der Waals surface area contributed by atoms with E-state index in [0.717, 1.165) is 24.3 Å². The molecule has 1 rings (SSSR count). The number of hydrogen-bond donors (Lipinski definition) is 2. The fraction of sp³-hybridized carbons (Fsp3) is 1.00. The van der Waals surface area contributed by atoms with Crippen LogP contribution in [0.15, 0.2) is 0 Å². The maximum Gasteiger partial charge on any atom is 0.279 e. The van der Waals surface area contributed by atoms with Crippen molar-refractivity contribution in [3.8, 4) is 0 Å². The summed E-state index contributed by atoms with van der Waals surface area (Å²) in [7, 11) is -1.72. The second-order valence-corrected chi connectivity index (χ2v) is 7.01. The fourth-order valence-corrected chi connectivity index (χ4v) is 3.86. The Morgan fingerprint density at radius 2 is 2.06 bits per heavy atom. The molecule has 7 heteroatoms. The van der Waals surface area contributed by atoms with Gasteiger partial charge in [0.05, 0.1) is 0 Å². The van der Waals surface area contributed by atoms with Gasteiger partial charge in [-0.2, -0.15) is 29.2 Å². The molecule has 0 aliphatic carbocycles. The topological polar surface area (TPSA) is 75.4 Å². The molecule has 0 spiro atoms. The highest BCUT2D eigenvalue weighted by atomic mass is 32.2. The van der Waals surface area contributed by atoms with Gasteiger partial charge in [-0.1, -0.05) is 0 Å². The molecule has 0 aromatic rings. The molecule has 0 aromatic heterocycles. The molecule has 1 saturated heterocycles. The lowest BCUT2D eigenvalue weighted by Gasteiger charge is -2.25. The summed E-state index contributed by atoms with van der Waals surface area (Å²) in [6.45, 7) is 0.993. The van der Waals surface area contributed by atoms with E-state index in [2.05, 4.69) is 4.72 Å². The smallest absolute Gasteiger partial charge is 0.279 e. The molecule has 0 unspecified atom stereocenters. The monoisotopic (exact) mass is 267 g/mol. The van der Waals surface area contributed by atoms with Crippen LogP contribution < -0.4 is 10.5 Å². The van der Waals surface area contributed by atoms with Crippen molar-refractivity contribution in [2.45, 2.75) is 25.3 Å². The molecule has 1 aliphatic rings. The highest BCUT2D eigenvalue weighted by Gasteiger charge is 2.23. The average Bonchev–Trinajstić information content (AvgIpc) is 2.26. The quantitative estimate of drug-likeness (QED) is 0.710. The van der Waals surface area contributed by atoms with Gasteiger partial charge in [0.2, 0.25) is 0 Å². The third-order valence-electron chi connectivity index (χ3n) is 2.62. The summed E-state index contributed by atoms with van der Waals surface area (Å²) in [6.07, 6.45) is 2.54. The molecule has 0 bridgehead atoms. The van der Waals surface area contributed by atoms with Gasteiger partial charge < -0.3 is 5.73 Å². The van der Waals surface area contributed by atoms with Crippen molar-refractivity contribution in [1.82, 2.24) is 9.03 Å². The first-order chi connectivity index (χ1) is 7.56. The zero-order valence-electron chi connectivity index (χ0n) is 9.68. The van der Waals surface area contributed by atoms with Crippen LogP contribution >= 0.6 is 11.8 Å². The van der Waals surface area contributed by atoms with Gasteiger partial charge in [-0.15, -0.1) is 0 Å². The Hall–Kier alpha value is 0.180. The molecule has 0 saturated carbocycles. The van der Waals surface area contributed by atoms with Gasteiger partial charge in [-0.25, -0.2) is 0 Å². The van der Waals surface area contributed by atoms with E-state index in [1.54, 1.807) is 7.05 Å². The van der Waals surface area contributed by atoms with E-state index in [1.807, 2.05) is 11.8 Å². The van der Waals surface area contributed by atoms with Crippen molar-refractivity contribution in [3.63, 3.8) is 0 Å². The van der Waals surface area contributed by atoms with E-state index in [0.29, 0.717) is 19.5 Å². The standard InChI is InChI=1S/C9H21N3O2S2/c1-12(6-2-5-10)16(13,14)11-9-3-7-15-8-4-9/h9,11H,2-8,10H2,1H3. The van der Waals surface area contributed by atoms with E-state index in [1.165, 1.54) is 4.31 Å². The van der Waals surface area contributed by atoms with Gasteiger partial charge in [-0.3, -0.25) is 0 Å². The maximum absolute atomic E-state index is 11.9. The molecule has 16 heavy (non-hydrogen) atoms. The van der Waals surface area contributed by atoms with Crippen LogP contribution in [0, 0.1) is 0 Å². The van der Waals surface area contributed by atoms with Gasteiger partial charge in [0.1, 0.15) is 0 Å². The number of nitrogens with zero attached hydrogens (tertiary/aromatic N) is 1. The third-order valence-corrected chi connectivity index (χ3v) is 5.31. The molecule has 1 heterocycles. The van der Waals surface area contributed by atoms with Crippen molar-refractivity contribution < 1.29 is 8.42 Å². The summed E-state index contributed by atoms with van der Waals surface area (Å²) < 4.78 is 27.8. The summed E-state index contributed by atoms with van der Waals surface area (Å²) >= 11 is 1.88. The lowest BCUT2D eigenvalue weighted by atomic mass is 10.2. The van der Waals surface area contributed by atoms with E-state index < -0.39 is 10.2 Å². The van der Waals surface area contributed by atoms with Crippen LogP contribution in [0.5, 0.6) is 0 Å². The third kappa shape index (κ3) is 4.58. The zero-order valence-corrected chi connectivity index (χ0v) is 11.3. The van der Waals surface area contributed by atoms with Crippen molar-refractivity contribution in [3.05, 3.63) is 0 Å². The summed E-state index contributed by atoms with van der Waals surface area (Å²) in [6, 6.07) is 0.103. The van der Waals surface area contributed by atoms with Crippen molar-refractivity contribution in [2.75, 3.05) is 31.6 Å². The van der Waals surface area contributed by atoms with E-state index in [4.69, 9.17) is 5.73 Å². The van der Waals surface area contributed by atoms with E-state index in [-0.39, 0.29) is 6.04 Å². The Labute approximate surface area is 102 Å². The van der Waals surface area contributed by atoms with Crippen molar-refractivity contribution in [1.29, 1.82) is 0 Å². The van der Waals surface area contributed by atoms with Crippen molar-refractivity contribution in [2.24, 2.45) is 5.73 Å².